The summed E-state index contributed by atoms with van der Waals surface area (Å²) in [6, 6.07) is 4.95. The first-order valence-corrected chi connectivity index (χ1v) is 7.62. The molecule has 1 aromatic heterocycles. The van der Waals surface area contributed by atoms with Gasteiger partial charge in [0.1, 0.15) is 5.76 Å². The van der Waals surface area contributed by atoms with Crippen molar-refractivity contribution in [3.8, 4) is 11.5 Å². The van der Waals surface area contributed by atoms with Gasteiger partial charge in [0.2, 0.25) is 5.91 Å². The topological polar surface area (TPSA) is 99.6 Å². The zero-order chi connectivity index (χ0) is 17.7. The first kappa shape index (κ1) is 20.8. The SMILES string of the molecule is COc1ccc(C(N)CC(=O)NCc2c(C)noc2C)cc1OC.Cl. The van der Waals surface area contributed by atoms with E-state index in [1.807, 2.05) is 19.9 Å². The summed E-state index contributed by atoms with van der Waals surface area (Å²) in [5.41, 5.74) is 8.60. The van der Waals surface area contributed by atoms with E-state index in [4.69, 9.17) is 19.7 Å². The van der Waals surface area contributed by atoms with Gasteiger partial charge in [-0.3, -0.25) is 4.79 Å². The Balaban J connectivity index is 0.00000312. The van der Waals surface area contributed by atoms with Crippen LogP contribution in [-0.4, -0.2) is 25.3 Å². The Hall–Kier alpha value is -2.25. The number of methoxy groups -OCH3 is 2. The summed E-state index contributed by atoms with van der Waals surface area (Å²) in [5, 5.41) is 6.70. The van der Waals surface area contributed by atoms with Crippen LogP contribution in [0.1, 0.15) is 35.0 Å². The van der Waals surface area contributed by atoms with Gasteiger partial charge in [-0.25, -0.2) is 0 Å². The van der Waals surface area contributed by atoms with Crippen LogP contribution >= 0.6 is 12.4 Å². The minimum absolute atomic E-state index is 0. The fourth-order valence-corrected chi connectivity index (χ4v) is 2.41. The molecule has 138 valence electrons. The fourth-order valence-electron chi connectivity index (χ4n) is 2.41. The summed E-state index contributed by atoms with van der Waals surface area (Å²) in [5.74, 6) is 1.77. The first-order valence-electron chi connectivity index (χ1n) is 7.62. The number of amides is 1. The second kappa shape index (κ2) is 9.29. The highest BCUT2D eigenvalue weighted by Crippen LogP contribution is 2.30. The van der Waals surface area contributed by atoms with Gasteiger partial charge in [0.05, 0.1) is 19.9 Å². The molecule has 1 aromatic carbocycles. The summed E-state index contributed by atoms with van der Waals surface area (Å²) in [6.45, 7) is 4.03. The zero-order valence-corrected chi connectivity index (χ0v) is 15.6. The number of rotatable bonds is 7. The van der Waals surface area contributed by atoms with Gasteiger partial charge in [0.25, 0.3) is 0 Å². The lowest BCUT2D eigenvalue weighted by atomic mass is 10.0. The van der Waals surface area contributed by atoms with Gasteiger partial charge in [-0.15, -0.1) is 12.4 Å². The van der Waals surface area contributed by atoms with Gasteiger partial charge in [0.15, 0.2) is 11.5 Å². The number of aromatic nitrogens is 1. The lowest BCUT2D eigenvalue weighted by Gasteiger charge is -2.15. The normalized spacial score (nSPS) is 11.4. The highest BCUT2D eigenvalue weighted by molar-refractivity contribution is 5.85. The second-order valence-corrected chi connectivity index (χ2v) is 5.50. The maximum atomic E-state index is 12.1. The maximum Gasteiger partial charge on any atom is 0.222 e. The highest BCUT2D eigenvalue weighted by Gasteiger charge is 2.16. The predicted molar refractivity (Wildman–Crippen MR) is 96.2 cm³/mol. The number of carbonyl (C=O) groups is 1. The van der Waals surface area contributed by atoms with E-state index in [2.05, 4.69) is 10.5 Å². The van der Waals surface area contributed by atoms with E-state index < -0.39 is 6.04 Å². The molecule has 2 rings (SSSR count). The third-order valence-electron chi connectivity index (χ3n) is 3.88. The van der Waals surface area contributed by atoms with E-state index in [1.165, 1.54) is 0 Å². The van der Waals surface area contributed by atoms with E-state index in [-0.39, 0.29) is 24.7 Å². The Kier molecular flexibility index (Phi) is 7.73. The van der Waals surface area contributed by atoms with Crippen molar-refractivity contribution in [2.24, 2.45) is 5.73 Å². The zero-order valence-electron chi connectivity index (χ0n) is 14.8. The summed E-state index contributed by atoms with van der Waals surface area (Å²) in [4.78, 5) is 12.1. The number of ether oxygens (including phenoxy) is 2. The predicted octanol–water partition coefficient (Wildman–Crippen LogP) is 2.44. The van der Waals surface area contributed by atoms with Crippen molar-refractivity contribution >= 4 is 18.3 Å². The number of hydrogen-bond donors (Lipinski definition) is 2. The van der Waals surface area contributed by atoms with Crippen LogP contribution < -0.4 is 20.5 Å². The number of aryl methyl sites for hydroxylation is 2. The maximum absolute atomic E-state index is 12.1. The summed E-state index contributed by atoms with van der Waals surface area (Å²) in [7, 11) is 3.13. The van der Waals surface area contributed by atoms with E-state index in [9.17, 15) is 4.79 Å². The average molecular weight is 370 g/mol. The summed E-state index contributed by atoms with van der Waals surface area (Å²) in [6.07, 6.45) is 0.166. The van der Waals surface area contributed by atoms with Gasteiger partial charge in [-0.05, 0) is 31.5 Å². The molecule has 0 aliphatic heterocycles. The lowest BCUT2D eigenvalue weighted by molar-refractivity contribution is -0.121. The van der Waals surface area contributed by atoms with Gasteiger partial charge in [-0.2, -0.15) is 0 Å². The average Bonchev–Trinajstić information content (AvgIpc) is 2.90. The minimum Gasteiger partial charge on any atom is -0.493 e. The Morgan fingerprint density at radius 2 is 1.96 bits per heavy atom. The molecule has 1 unspecified atom stereocenters. The quantitative estimate of drug-likeness (QED) is 0.777. The number of carbonyl (C=O) groups excluding carboxylic acids is 1. The summed E-state index contributed by atoms with van der Waals surface area (Å²) >= 11 is 0. The van der Waals surface area contributed by atoms with Gasteiger partial charge in [-0.1, -0.05) is 11.2 Å². The molecular weight excluding hydrogens is 346 g/mol. The number of benzene rings is 1. The molecule has 8 heteroatoms. The molecule has 0 bridgehead atoms. The number of nitrogens with one attached hydrogen (secondary N) is 1. The van der Waals surface area contributed by atoms with Crippen LogP contribution in [0.3, 0.4) is 0 Å². The van der Waals surface area contributed by atoms with E-state index in [0.29, 0.717) is 23.8 Å². The van der Waals surface area contributed by atoms with Crippen LogP contribution in [0.2, 0.25) is 0 Å². The molecule has 2 aromatic rings. The third kappa shape index (κ3) is 5.11. The minimum atomic E-state index is -0.436. The second-order valence-electron chi connectivity index (χ2n) is 5.50. The van der Waals surface area contributed by atoms with Crippen molar-refractivity contribution in [2.45, 2.75) is 32.9 Å². The Morgan fingerprint density at radius 1 is 1.28 bits per heavy atom. The first-order chi connectivity index (χ1) is 11.5. The van der Waals surface area contributed by atoms with Crippen LogP contribution in [0.25, 0.3) is 0 Å². The largest absolute Gasteiger partial charge is 0.493 e. The van der Waals surface area contributed by atoms with Crippen molar-refractivity contribution in [2.75, 3.05) is 14.2 Å². The van der Waals surface area contributed by atoms with Crippen molar-refractivity contribution in [1.82, 2.24) is 10.5 Å². The van der Waals surface area contributed by atoms with Gasteiger partial charge < -0.3 is 25.0 Å². The molecule has 3 N–H and O–H groups in total. The number of nitrogens with zero attached hydrogens (tertiary/aromatic N) is 1. The molecule has 0 radical (unpaired) electrons. The van der Waals surface area contributed by atoms with E-state index in [1.54, 1.807) is 26.4 Å². The van der Waals surface area contributed by atoms with Crippen molar-refractivity contribution in [3.05, 3.63) is 40.8 Å². The molecule has 1 heterocycles. The van der Waals surface area contributed by atoms with Crippen molar-refractivity contribution in [3.63, 3.8) is 0 Å². The van der Waals surface area contributed by atoms with Crippen LogP contribution in [0.15, 0.2) is 22.7 Å². The van der Waals surface area contributed by atoms with E-state index >= 15 is 0 Å². The van der Waals surface area contributed by atoms with Crippen LogP contribution in [0.5, 0.6) is 11.5 Å². The monoisotopic (exact) mass is 369 g/mol. The van der Waals surface area contributed by atoms with Crippen LogP contribution in [0, 0.1) is 13.8 Å². The lowest BCUT2D eigenvalue weighted by Crippen LogP contribution is -2.27. The molecule has 25 heavy (non-hydrogen) atoms. The molecule has 0 fully saturated rings. The van der Waals surface area contributed by atoms with Crippen molar-refractivity contribution < 1.29 is 18.8 Å². The van der Waals surface area contributed by atoms with Gasteiger partial charge >= 0.3 is 0 Å². The van der Waals surface area contributed by atoms with Gasteiger partial charge in [0, 0.05) is 24.6 Å². The molecule has 1 amide bonds. The standard InChI is InChI=1S/C17H23N3O4.ClH/c1-10-13(11(2)24-20-10)9-19-17(21)8-14(18)12-5-6-15(22-3)16(7-12)23-4;/h5-7,14H,8-9,18H2,1-4H3,(H,19,21);1H. The molecule has 7 nitrogen and oxygen atoms in total. The molecule has 1 atom stereocenters. The Morgan fingerprint density at radius 3 is 2.52 bits per heavy atom. The van der Waals surface area contributed by atoms with Crippen LogP contribution in [-0.2, 0) is 11.3 Å². The fraction of sp³-hybridized carbons (Fsp3) is 0.412. The Bertz CT molecular complexity index is 698. The smallest absolute Gasteiger partial charge is 0.222 e. The Labute approximate surface area is 153 Å². The van der Waals surface area contributed by atoms with E-state index in [0.717, 1.165) is 16.8 Å². The number of hydrogen-bond acceptors (Lipinski definition) is 6. The van der Waals surface area contributed by atoms with Crippen LogP contribution in [0.4, 0.5) is 0 Å². The molecule has 0 spiro atoms. The molecule has 0 saturated carbocycles. The van der Waals surface area contributed by atoms with Crippen molar-refractivity contribution in [1.29, 1.82) is 0 Å². The molecular formula is C17H24ClN3O4. The molecule has 0 aliphatic carbocycles. The highest BCUT2D eigenvalue weighted by atomic mass is 35.5. The number of halogens is 1. The molecule has 0 aliphatic rings. The molecule has 0 saturated heterocycles. The third-order valence-corrected chi connectivity index (χ3v) is 3.88. The number of nitrogens with two attached hydrogens (primary N) is 1. The summed E-state index contributed by atoms with van der Waals surface area (Å²) < 4.78 is 15.5.